The highest BCUT2D eigenvalue weighted by atomic mass is 15.4. The summed E-state index contributed by atoms with van der Waals surface area (Å²) in [6.45, 7) is 5.81. The van der Waals surface area contributed by atoms with E-state index in [9.17, 15) is 0 Å². The van der Waals surface area contributed by atoms with Crippen LogP contribution >= 0.6 is 0 Å². The van der Waals surface area contributed by atoms with E-state index in [1.54, 1.807) is 0 Å². The van der Waals surface area contributed by atoms with Gasteiger partial charge in [-0.2, -0.15) is 0 Å². The number of para-hydroxylation sites is 1. The van der Waals surface area contributed by atoms with Gasteiger partial charge in [0.15, 0.2) is 0 Å². The molecule has 1 aliphatic rings. The molecule has 0 fully saturated rings. The Balaban J connectivity index is 1.63. The lowest BCUT2D eigenvalue weighted by Gasteiger charge is -2.33. The first kappa shape index (κ1) is 29.8. The summed E-state index contributed by atoms with van der Waals surface area (Å²) < 4.78 is 0. The summed E-state index contributed by atoms with van der Waals surface area (Å²) in [5, 5.41) is 0. The summed E-state index contributed by atoms with van der Waals surface area (Å²) in [7, 11) is 0. The summed E-state index contributed by atoms with van der Waals surface area (Å²) in [5.41, 5.74) is 1.34. The van der Waals surface area contributed by atoms with Crippen molar-refractivity contribution in [2.75, 3.05) is 11.4 Å². The molecular weight excluding hydrogens is 424 g/mol. The van der Waals surface area contributed by atoms with Crippen LogP contribution in [-0.2, 0) is 0 Å². The van der Waals surface area contributed by atoms with Gasteiger partial charge < -0.3 is 9.80 Å². The number of rotatable bonds is 23. The molecule has 0 amide bonds. The molecule has 0 N–H and O–H groups in total. The fourth-order valence-electron chi connectivity index (χ4n) is 5.50. The molecular formula is C33H58N2. The van der Waals surface area contributed by atoms with Crippen molar-refractivity contribution in [3.63, 3.8) is 0 Å². The maximum absolute atomic E-state index is 2.63. The van der Waals surface area contributed by atoms with E-state index in [0.717, 1.165) is 0 Å². The van der Waals surface area contributed by atoms with Gasteiger partial charge in [-0.1, -0.05) is 148 Å². The van der Waals surface area contributed by atoms with Crippen molar-refractivity contribution in [2.24, 2.45) is 0 Å². The zero-order chi connectivity index (χ0) is 24.8. The summed E-state index contributed by atoms with van der Waals surface area (Å²) >= 11 is 0. The monoisotopic (exact) mass is 482 g/mol. The standard InChI is InChI=1S/C33H58N2/c1-3-5-7-9-11-13-14-16-18-20-25-29-34-30-31-35(32-26-22-21-23-27-32)33(34)28-24-19-17-15-12-10-8-6-4-2/h21-23,26-27,30-31,33H,3-20,24-25,28-29H2,1-2H3. The Hall–Kier alpha value is -1.44. The normalized spacial score (nSPS) is 15.4. The maximum atomic E-state index is 2.63. The molecule has 0 radical (unpaired) electrons. The second kappa shape index (κ2) is 20.7. The zero-order valence-corrected chi connectivity index (χ0v) is 23.6. The van der Waals surface area contributed by atoms with Crippen LogP contribution in [0.15, 0.2) is 42.7 Å². The van der Waals surface area contributed by atoms with Gasteiger partial charge in [0.25, 0.3) is 0 Å². The molecule has 0 saturated heterocycles. The van der Waals surface area contributed by atoms with Crippen LogP contribution in [0.2, 0.25) is 0 Å². The molecule has 2 rings (SSSR count). The highest BCUT2D eigenvalue weighted by molar-refractivity contribution is 5.51. The quantitative estimate of drug-likeness (QED) is 0.143. The number of benzene rings is 1. The summed E-state index contributed by atoms with van der Waals surface area (Å²) in [6.07, 6.45) is 34.7. The van der Waals surface area contributed by atoms with Crippen molar-refractivity contribution in [1.29, 1.82) is 0 Å². The average molecular weight is 483 g/mol. The Morgan fingerprint density at radius 3 is 1.49 bits per heavy atom. The summed E-state index contributed by atoms with van der Waals surface area (Å²) in [5.74, 6) is 0. The van der Waals surface area contributed by atoms with Crippen LogP contribution in [0.25, 0.3) is 0 Å². The van der Waals surface area contributed by atoms with Crippen molar-refractivity contribution >= 4 is 5.69 Å². The van der Waals surface area contributed by atoms with Crippen molar-refractivity contribution in [2.45, 2.75) is 155 Å². The van der Waals surface area contributed by atoms with E-state index in [1.807, 2.05) is 0 Å². The molecule has 0 aliphatic carbocycles. The molecule has 2 nitrogen and oxygen atoms in total. The first-order valence-corrected chi connectivity index (χ1v) is 15.6. The van der Waals surface area contributed by atoms with Crippen molar-refractivity contribution < 1.29 is 0 Å². The highest BCUT2D eigenvalue weighted by Gasteiger charge is 2.26. The fourth-order valence-corrected chi connectivity index (χ4v) is 5.50. The largest absolute Gasteiger partial charge is 0.356 e. The van der Waals surface area contributed by atoms with Crippen LogP contribution in [0.4, 0.5) is 5.69 Å². The molecule has 1 unspecified atom stereocenters. The Morgan fingerprint density at radius 1 is 0.514 bits per heavy atom. The molecule has 0 spiro atoms. The van der Waals surface area contributed by atoms with Gasteiger partial charge in [0.05, 0.1) is 0 Å². The zero-order valence-electron chi connectivity index (χ0n) is 23.6. The molecule has 1 aliphatic heterocycles. The SMILES string of the molecule is CCCCCCCCCCCCCN1C=CN(c2ccccc2)C1CCCCCCCCCCC. The highest BCUT2D eigenvalue weighted by Crippen LogP contribution is 2.28. The molecule has 2 heteroatoms. The van der Waals surface area contributed by atoms with Crippen LogP contribution in [0.1, 0.15) is 149 Å². The van der Waals surface area contributed by atoms with Gasteiger partial charge in [0.1, 0.15) is 6.17 Å². The third-order valence-corrected chi connectivity index (χ3v) is 7.76. The van der Waals surface area contributed by atoms with Crippen molar-refractivity contribution in [3.05, 3.63) is 42.7 Å². The minimum Gasteiger partial charge on any atom is -0.356 e. The number of hydrogen-bond donors (Lipinski definition) is 0. The van der Waals surface area contributed by atoms with E-state index in [0.29, 0.717) is 6.17 Å². The molecule has 1 heterocycles. The first-order valence-electron chi connectivity index (χ1n) is 15.6. The van der Waals surface area contributed by atoms with Gasteiger partial charge in [-0.05, 0) is 31.4 Å². The Bertz CT molecular complexity index is 611. The number of hydrogen-bond acceptors (Lipinski definition) is 2. The van der Waals surface area contributed by atoms with Crippen molar-refractivity contribution in [3.8, 4) is 0 Å². The second-order valence-electron chi connectivity index (χ2n) is 10.9. The van der Waals surface area contributed by atoms with Gasteiger partial charge in [0, 0.05) is 24.6 Å². The van der Waals surface area contributed by atoms with Crippen LogP contribution in [0.3, 0.4) is 0 Å². The molecule has 1 aromatic rings. The number of unbranched alkanes of at least 4 members (excludes halogenated alkanes) is 18. The van der Waals surface area contributed by atoms with Gasteiger partial charge in [-0.25, -0.2) is 0 Å². The summed E-state index contributed by atoms with van der Waals surface area (Å²) in [6, 6.07) is 11.0. The van der Waals surface area contributed by atoms with Crippen LogP contribution < -0.4 is 4.90 Å². The van der Waals surface area contributed by atoms with Crippen molar-refractivity contribution in [1.82, 2.24) is 4.90 Å². The fraction of sp³-hybridized carbons (Fsp3) is 0.758. The predicted octanol–water partition coefficient (Wildman–Crippen LogP) is 10.8. The second-order valence-corrected chi connectivity index (χ2v) is 10.9. The molecule has 200 valence electrons. The predicted molar refractivity (Wildman–Crippen MR) is 157 cm³/mol. The maximum Gasteiger partial charge on any atom is 0.105 e. The third-order valence-electron chi connectivity index (χ3n) is 7.76. The topological polar surface area (TPSA) is 6.48 Å². The minimum absolute atomic E-state index is 0.505. The molecule has 0 saturated carbocycles. The lowest BCUT2D eigenvalue weighted by atomic mass is 10.0. The smallest absolute Gasteiger partial charge is 0.105 e. The van der Waals surface area contributed by atoms with E-state index in [4.69, 9.17) is 0 Å². The molecule has 35 heavy (non-hydrogen) atoms. The molecule has 0 bridgehead atoms. The van der Waals surface area contributed by atoms with E-state index < -0.39 is 0 Å². The third kappa shape index (κ3) is 13.4. The lowest BCUT2D eigenvalue weighted by molar-refractivity contribution is 0.273. The van der Waals surface area contributed by atoms with Crippen LogP contribution in [0.5, 0.6) is 0 Å². The summed E-state index contributed by atoms with van der Waals surface area (Å²) in [4.78, 5) is 5.15. The Kier molecular flexibility index (Phi) is 17.6. The van der Waals surface area contributed by atoms with Gasteiger partial charge in [-0.15, -0.1) is 0 Å². The van der Waals surface area contributed by atoms with Gasteiger partial charge >= 0.3 is 0 Å². The van der Waals surface area contributed by atoms with Gasteiger partial charge in [0.2, 0.25) is 0 Å². The number of nitrogens with zero attached hydrogens (tertiary/aromatic N) is 2. The van der Waals surface area contributed by atoms with E-state index in [2.05, 4.69) is 66.4 Å². The van der Waals surface area contributed by atoms with E-state index >= 15 is 0 Å². The van der Waals surface area contributed by atoms with E-state index in [-0.39, 0.29) is 0 Å². The minimum atomic E-state index is 0.505. The first-order chi connectivity index (χ1) is 17.4. The van der Waals surface area contributed by atoms with E-state index in [1.165, 1.54) is 147 Å². The molecule has 1 atom stereocenters. The Labute approximate surface area is 219 Å². The molecule has 1 aromatic carbocycles. The number of anilines is 1. The lowest BCUT2D eigenvalue weighted by Crippen LogP contribution is -2.39. The average Bonchev–Trinajstić information content (AvgIpc) is 3.29. The van der Waals surface area contributed by atoms with Crippen LogP contribution in [0, 0.1) is 0 Å². The Morgan fingerprint density at radius 2 is 0.971 bits per heavy atom. The van der Waals surface area contributed by atoms with Crippen LogP contribution in [-0.4, -0.2) is 17.6 Å². The van der Waals surface area contributed by atoms with Gasteiger partial charge in [-0.3, -0.25) is 0 Å². The molecule has 0 aromatic heterocycles.